The van der Waals surface area contributed by atoms with Gasteiger partial charge in [0.1, 0.15) is 6.04 Å². The third-order valence-corrected chi connectivity index (χ3v) is 4.26. The standard InChI is InChI=1S/C19H14F3N3O4/c1-10(16(26)23-12-8-6-11(7-9-12)19(20,21)22)25-17(27)14-5-3-2-4-13(14)15(24-25)18(28)29/h2-10H,1H3,(H,23,26)(H,28,29). The van der Waals surface area contributed by atoms with Crippen LogP contribution in [-0.2, 0) is 11.0 Å². The molecule has 1 unspecified atom stereocenters. The lowest BCUT2D eigenvalue weighted by molar-refractivity contribution is -0.137. The molecule has 0 bridgehead atoms. The van der Waals surface area contributed by atoms with Crippen LogP contribution in [0.5, 0.6) is 0 Å². The summed E-state index contributed by atoms with van der Waals surface area (Å²) >= 11 is 0. The van der Waals surface area contributed by atoms with Crippen LogP contribution in [0.1, 0.15) is 29.0 Å². The van der Waals surface area contributed by atoms with Crippen molar-refractivity contribution in [3.63, 3.8) is 0 Å². The molecule has 0 fully saturated rings. The van der Waals surface area contributed by atoms with Crippen LogP contribution in [0.25, 0.3) is 10.8 Å². The van der Waals surface area contributed by atoms with E-state index in [4.69, 9.17) is 0 Å². The molecule has 0 saturated carbocycles. The Labute approximate surface area is 161 Å². The molecule has 3 aromatic rings. The molecule has 1 aromatic heterocycles. The number of amides is 1. The number of nitrogens with zero attached hydrogens (tertiary/aromatic N) is 2. The van der Waals surface area contributed by atoms with E-state index in [-0.39, 0.29) is 16.5 Å². The van der Waals surface area contributed by atoms with Gasteiger partial charge in [0.2, 0.25) is 5.91 Å². The van der Waals surface area contributed by atoms with E-state index >= 15 is 0 Å². The fourth-order valence-corrected chi connectivity index (χ4v) is 2.73. The van der Waals surface area contributed by atoms with Gasteiger partial charge in [-0.1, -0.05) is 18.2 Å². The predicted octanol–water partition coefficient (Wildman–Crippen LogP) is 3.31. The summed E-state index contributed by atoms with van der Waals surface area (Å²) in [5.41, 5.74) is -1.85. The molecule has 1 amide bonds. The van der Waals surface area contributed by atoms with Crippen LogP contribution in [0, 0.1) is 0 Å². The minimum atomic E-state index is -4.51. The van der Waals surface area contributed by atoms with Gasteiger partial charge in [-0.2, -0.15) is 18.3 Å². The zero-order valence-electron chi connectivity index (χ0n) is 14.9. The second kappa shape index (κ2) is 7.38. The number of carbonyl (C=O) groups is 2. The van der Waals surface area contributed by atoms with Crippen molar-refractivity contribution in [2.45, 2.75) is 19.1 Å². The zero-order valence-corrected chi connectivity index (χ0v) is 14.9. The number of alkyl halides is 3. The molecule has 29 heavy (non-hydrogen) atoms. The lowest BCUT2D eigenvalue weighted by atomic mass is 10.1. The van der Waals surface area contributed by atoms with E-state index in [0.717, 1.165) is 28.9 Å². The van der Waals surface area contributed by atoms with Crippen LogP contribution in [0.15, 0.2) is 53.3 Å². The number of aromatic carboxylic acids is 1. The molecule has 0 aliphatic carbocycles. The molecule has 0 aliphatic rings. The predicted molar refractivity (Wildman–Crippen MR) is 97.7 cm³/mol. The first-order valence-electron chi connectivity index (χ1n) is 8.32. The maximum Gasteiger partial charge on any atom is 0.416 e. The second-order valence-electron chi connectivity index (χ2n) is 6.19. The van der Waals surface area contributed by atoms with E-state index in [1.54, 1.807) is 12.1 Å². The van der Waals surface area contributed by atoms with Gasteiger partial charge in [0.15, 0.2) is 5.69 Å². The van der Waals surface area contributed by atoms with Crippen molar-refractivity contribution in [3.8, 4) is 0 Å². The molecule has 2 aromatic carbocycles. The topological polar surface area (TPSA) is 101 Å². The van der Waals surface area contributed by atoms with E-state index in [1.165, 1.54) is 19.1 Å². The van der Waals surface area contributed by atoms with Crippen LogP contribution in [0.3, 0.4) is 0 Å². The van der Waals surface area contributed by atoms with Gasteiger partial charge in [-0.05, 0) is 37.3 Å². The minimum absolute atomic E-state index is 0.0779. The van der Waals surface area contributed by atoms with Crippen molar-refractivity contribution in [2.75, 3.05) is 5.32 Å². The highest BCUT2D eigenvalue weighted by atomic mass is 19.4. The smallest absolute Gasteiger partial charge is 0.416 e. The number of hydrogen-bond acceptors (Lipinski definition) is 4. The molecule has 1 atom stereocenters. The van der Waals surface area contributed by atoms with Gasteiger partial charge in [-0.25, -0.2) is 9.48 Å². The van der Waals surface area contributed by atoms with Gasteiger partial charge in [0.05, 0.1) is 10.9 Å². The van der Waals surface area contributed by atoms with Crippen molar-refractivity contribution in [2.24, 2.45) is 0 Å². The lowest BCUT2D eigenvalue weighted by Crippen LogP contribution is -2.34. The van der Waals surface area contributed by atoms with Crippen LogP contribution in [0.2, 0.25) is 0 Å². The first-order chi connectivity index (χ1) is 13.6. The molecule has 3 rings (SSSR count). The highest BCUT2D eigenvalue weighted by Crippen LogP contribution is 2.30. The Morgan fingerprint density at radius 3 is 2.21 bits per heavy atom. The average molecular weight is 405 g/mol. The number of rotatable bonds is 4. The number of hydrogen-bond donors (Lipinski definition) is 2. The Balaban J connectivity index is 1.94. The van der Waals surface area contributed by atoms with Gasteiger partial charge in [-0.15, -0.1) is 0 Å². The number of benzene rings is 2. The van der Waals surface area contributed by atoms with Crippen LogP contribution < -0.4 is 10.9 Å². The second-order valence-corrected chi connectivity index (χ2v) is 6.19. The fourth-order valence-electron chi connectivity index (χ4n) is 2.73. The van der Waals surface area contributed by atoms with E-state index < -0.39 is 40.9 Å². The third kappa shape index (κ3) is 3.96. The van der Waals surface area contributed by atoms with E-state index in [1.807, 2.05) is 0 Å². The summed E-state index contributed by atoms with van der Waals surface area (Å²) in [5, 5.41) is 15.8. The number of carboxylic acid groups (broad SMARTS) is 1. The molecule has 10 heteroatoms. The summed E-state index contributed by atoms with van der Waals surface area (Å²) in [6.07, 6.45) is -4.51. The van der Waals surface area contributed by atoms with Gasteiger partial charge in [0, 0.05) is 11.1 Å². The summed E-state index contributed by atoms with van der Waals surface area (Å²) in [6, 6.07) is 8.51. The van der Waals surface area contributed by atoms with Gasteiger partial charge in [0.25, 0.3) is 5.56 Å². The Hall–Kier alpha value is -3.69. The molecule has 150 valence electrons. The number of anilines is 1. The third-order valence-electron chi connectivity index (χ3n) is 4.26. The zero-order chi connectivity index (χ0) is 21.3. The van der Waals surface area contributed by atoms with Crippen LogP contribution in [-0.4, -0.2) is 26.8 Å². The molecular weight excluding hydrogens is 391 g/mol. The molecule has 1 heterocycles. The first kappa shape index (κ1) is 20.1. The molecule has 0 spiro atoms. The lowest BCUT2D eigenvalue weighted by Gasteiger charge is -2.16. The monoisotopic (exact) mass is 405 g/mol. The van der Waals surface area contributed by atoms with E-state index in [9.17, 15) is 32.7 Å². The van der Waals surface area contributed by atoms with Gasteiger partial charge in [-0.3, -0.25) is 9.59 Å². The molecule has 0 radical (unpaired) electrons. The number of carboxylic acids is 1. The first-order valence-corrected chi connectivity index (χ1v) is 8.32. The van der Waals surface area contributed by atoms with Gasteiger partial charge >= 0.3 is 12.1 Å². The SMILES string of the molecule is CC(C(=O)Nc1ccc(C(F)(F)F)cc1)n1nc(C(=O)O)c2ccccc2c1=O. The number of aromatic nitrogens is 2. The Kier molecular flexibility index (Phi) is 5.10. The summed E-state index contributed by atoms with van der Waals surface area (Å²) < 4.78 is 38.6. The van der Waals surface area contributed by atoms with E-state index in [0.29, 0.717) is 0 Å². The van der Waals surface area contributed by atoms with Crippen LogP contribution in [0.4, 0.5) is 18.9 Å². The summed E-state index contributed by atoms with van der Waals surface area (Å²) in [6.45, 7) is 1.33. The Bertz CT molecular complexity index is 1150. The molecule has 0 aliphatic heterocycles. The molecule has 7 nitrogen and oxygen atoms in total. The Morgan fingerprint density at radius 1 is 1.07 bits per heavy atom. The van der Waals surface area contributed by atoms with Crippen molar-refractivity contribution in [1.82, 2.24) is 9.78 Å². The maximum atomic E-state index is 12.7. The summed E-state index contributed by atoms with van der Waals surface area (Å²) in [4.78, 5) is 36.6. The highest BCUT2D eigenvalue weighted by molar-refractivity contribution is 6.01. The quantitative estimate of drug-likeness (QED) is 0.694. The Morgan fingerprint density at radius 2 is 1.66 bits per heavy atom. The number of carbonyl (C=O) groups excluding carboxylic acids is 1. The highest BCUT2D eigenvalue weighted by Gasteiger charge is 2.30. The summed E-state index contributed by atoms with van der Waals surface area (Å²) in [5.74, 6) is -2.11. The van der Waals surface area contributed by atoms with Crippen molar-refractivity contribution < 1.29 is 27.9 Å². The van der Waals surface area contributed by atoms with Crippen LogP contribution >= 0.6 is 0 Å². The van der Waals surface area contributed by atoms with E-state index in [2.05, 4.69) is 10.4 Å². The maximum absolute atomic E-state index is 12.7. The number of fused-ring (bicyclic) bond motifs is 1. The molecule has 2 N–H and O–H groups in total. The van der Waals surface area contributed by atoms with Crippen molar-refractivity contribution >= 4 is 28.3 Å². The normalized spacial score (nSPS) is 12.6. The van der Waals surface area contributed by atoms with Crippen molar-refractivity contribution in [3.05, 3.63) is 70.1 Å². The fraction of sp³-hybridized carbons (Fsp3) is 0.158. The molecular formula is C19H14F3N3O4. The molecule has 0 saturated heterocycles. The van der Waals surface area contributed by atoms with Gasteiger partial charge < -0.3 is 10.4 Å². The number of nitrogens with one attached hydrogen (secondary N) is 1. The number of halogens is 3. The minimum Gasteiger partial charge on any atom is -0.476 e. The summed E-state index contributed by atoms with van der Waals surface area (Å²) in [7, 11) is 0. The average Bonchev–Trinajstić information content (AvgIpc) is 2.67. The van der Waals surface area contributed by atoms with Crippen molar-refractivity contribution in [1.29, 1.82) is 0 Å². The largest absolute Gasteiger partial charge is 0.476 e.